The molecule has 3 rings (SSSR count). The lowest BCUT2D eigenvalue weighted by Crippen LogP contribution is -2.47. The van der Waals surface area contributed by atoms with Crippen LogP contribution in [0, 0.1) is 10.1 Å². The van der Waals surface area contributed by atoms with Gasteiger partial charge >= 0.3 is 5.97 Å². The summed E-state index contributed by atoms with van der Waals surface area (Å²) in [7, 11) is 1.48. The van der Waals surface area contributed by atoms with E-state index < -0.39 is 29.0 Å². The zero-order valence-electron chi connectivity index (χ0n) is 13.8. The number of methoxy groups -OCH3 is 1. The van der Waals surface area contributed by atoms with Crippen molar-refractivity contribution >= 4 is 11.7 Å². The lowest BCUT2D eigenvalue weighted by Gasteiger charge is -2.25. The monoisotopic (exact) mass is 358 g/mol. The molecule has 7 nitrogen and oxygen atoms in total. The molecule has 0 amide bonds. The van der Waals surface area contributed by atoms with Crippen molar-refractivity contribution in [3.8, 4) is 5.75 Å². The van der Waals surface area contributed by atoms with Crippen molar-refractivity contribution in [1.82, 2.24) is 0 Å². The number of oxime groups is 1. The van der Waals surface area contributed by atoms with Crippen LogP contribution in [0.2, 0.25) is 0 Å². The molecule has 26 heavy (non-hydrogen) atoms. The lowest BCUT2D eigenvalue weighted by atomic mass is 9.78. The van der Waals surface area contributed by atoms with E-state index in [-0.39, 0.29) is 11.3 Å². The van der Waals surface area contributed by atoms with Gasteiger partial charge in [-0.25, -0.2) is 9.18 Å². The summed E-state index contributed by atoms with van der Waals surface area (Å²) in [6.45, 7) is -0.787. The summed E-state index contributed by atoms with van der Waals surface area (Å²) >= 11 is 0. The molecule has 0 bridgehead atoms. The van der Waals surface area contributed by atoms with Crippen LogP contribution in [0.4, 0.5) is 4.39 Å². The number of ether oxygens (including phenoxy) is 1. The minimum atomic E-state index is -2.77. The molecule has 1 heterocycles. The molecule has 0 saturated carbocycles. The average Bonchev–Trinajstić information content (AvgIpc) is 2.96. The second kappa shape index (κ2) is 6.91. The van der Waals surface area contributed by atoms with E-state index in [1.807, 2.05) is 0 Å². The number of nitro groups is 1. The molecule has 0 fully saturated rings. The van der Waals surface area contributed by atoms with Gasteiger partial charge in [0.15, 0.2) is 0 Å². The molecule has 0 aliphatic carbocycles. The van der Waals surface area contributed by atoms with Gasteiger partial charge < -0.3 is 9.57 Å². The first kappa shape index (κ1) is 17.5. The molecule has 0 spiro atoms. The molecule has 2 atom stereocenters. The van der Waals surface area contributed by atoms with Gasteiger partial charge in [-0.1, -0.05) is 35.5 Å². The molecule has 134 valence electrons. The fourth-order valence-corrected chi connectivity index (χ4v) is 2.93. The smallest absolute Gasteiger partial charge is 0.379 e. The molecule has 0 N–H and O–H groups in total. The van der Waals surface area contributed by atoms with Crippen LogP contribution in [-0.4, -0.2) is 35.9 Å². The Hall–Kier alpha value is -3.29. The Morgan fingerprint density at radius 3 is 2.46 bits per heavy atom. The molecule has 0 saturated heterocycles. The Labute approximate surface area is 148 Å². The van der Waals surface area contributed by atoms with E-state index in [1.54, 1.807) is 30.3 Å². The highest BCUT2D eigenvalue weighted by molar-refractivity contribution is 6.21. The summed E-state index contributed by atoms with van der Waals surface area (Å²) in [6, 6.07) is 14.2. The van der Waals surface area contributed by atoms with Crippen molar-refractivity contribution in [3.63, 3.8) is 0 Å². The lowest BCUT2D eigenvalue weighted by molar-refractivity contribution is -0.485. The molecule has 1 aliphatic heterocycles. The van der Waals surface area contributed by atoms with Crippen molar-refractivity contribution in [2.24, 2.45) is 5.16 Å². The van der Waals surface area contributed by atoms with Crippen LogP contribution >= 0.6 is 0 Å². The number of halogens is 1. The fourth-order valence-electron chi connectivity index (χ4n) is 2.93. The zero-order chi connectivity index (χ0) is 18.7. The third-order valence-electron chi connectivity index (χ3n) is 4.24. The Balaban J connectivity index is 2.08. The average molecular weight is 358 g/mol. The normalized spacial score (nSPS) is 20.2. The van der Waals surface area contributed by atoms with Crippen LogP contribution in [0.3, 0.4) is 0 Å². The van der Waals surface area contributed by atoms with Crippen molar-refractivity contribution in [3.05, 3.63) is 75.8 Å². The van der Waals surface area contributed by atoms with Crippen LogP contribution in [0.15, 0.2) is 59.8 Å². The van der Waals surface area contributed by atoms with Gasteiger partial charge in [0.25, 0.3) is 5.67 Å². The van der Waals surface area contributed by atoms with Crippen molar-refractivity contribution in [2.45, 2.75) is 11.6 Å². The largest absolute Gasteiger partial charge is 0.497 e. The van der Waals surface area contributed by atoms with Crippen molar-refractivity contribution < 1.29 is 23.7 Å². The topological polar surface area (TPSA) is 91.0 Å². The van der Waals surface area contributed by atoms with Gasteiger partial charge in [0.1, 0.15) is 11.5 Å². The van der Waals surface area contributed by atoms with E-state index >= 15 is 4.39 Å². The third kappa shape index (κ3) is 3.01. The maximum absolute atomic E-state index is 16.0. The SMILES string of the molecule is COc1ccc(C2=NOC(=O)C2(F)C(C[N+](=O)[O-])c2ccccc2)cc1. The summed E-state index contributed by atoms with van der Waals surface area (Å²) in [5, 5.41) is 14.7. The zero-order valence-corrected chi connectivity index (χ0v) is 13.8. The van der Waals surface area contributed by atoms with E-state index in [4.69, 9.17) is 4.74 Å². The molecule has 0 radical (unpaired) electrons. The Morgan fingerprint density at radius 1 is 1.23 bits per heavy atom. The number of alkyl halides is 1. The summed E-state index contributed by atoms with van der Waals surface area (Å²) in [5.74, 6) is -2.11. The van der Waals surface area contributed by atoms with Gasteiger partial charge in [0.05, 0.1) is 13.0 Å². The maximum atomic E-state index is 16.0. The maximum Gasteiger partial charge on any atom is 0.379 e. The van der Waals surface area contributed by atoms with E-state index in [9.17, 15) is 14.9 Å². The Bertz CT molecular complexity index is 854. The second-order valence-corrected chi connectivity index (χ2v) is 5.74. The number of rotatable bonds is 6. The van der Waals surface area contributed by atoms with Crippen LogP contribution < -0.4 is 4.74 Å². The van der Waals surface area contributed by atoms with E-state index in [0.717, 1.165) is 0 Å². The van der Waals surface area contributed by atoms with E-state index in [1.165, 1.54) is 31.4 Å². The molecule has 2 aromatic rings. The molecule has 0 aromatic heterocycles. The first-order valence-corrected chi connectivity index (χ1v) is 7.76. The summed E-state index contributed by atoms with van der Waals surface area (Å²) in [5.41, 5.74) is -2.47. The number of carbonyl (C=O) groups is 1. The molecular weight excluding hydrogens is 343 g/mol. The number of nitrogens with zero attached hydrogens (tertiary/aromatic N) is 2. The third-order valence-corrected chi connectivity index (χ3v) is 4.24. The van der Waals surface area contributed by atoms with Crippen LogP contribution in [0.5, 0.6) is 5.75 Å². The van der Waals surface area contributed by atoms with Crippen LogP contribution in [-0.2, 0) is 9.63 Å². The van der Waals surface area contributed by atoms with Gasteiger partial charge in [-0.15, -0.1) is 0 Å². The number of benzene rings is 2. The first-order chi connectivity index (χ1) is 12.5. The van der Waals surface area contributed by atoms with Gasteiger partial charge in [0, 0.05) is 10.5 Å². The van der Waals surface area contributed by atoms with Gasteiger partial charge in [-0.05, 0) is 29.8 Å². The second-order valence-electron chi connectivity index (χ2n) is 5.74. The Morgan fingerprint density at radius 2 is 1.88 bits per heavy atom. The predicted molar refractivity (Wildman–Crippen MR) is 90.5 cm³/mol. The molecule has 2 aromatic carbocycles. The van der Waals surface area contributed by atoms with Crippen LogP contribution in [0.1, 0.15) is 17.0 Å². The van der Waals surface area contributed by atoms with Crippen LogP contribution in [0.25, 0.3) is 0 Å². The number of carbonyl (C=O) groups excluding carboxylic acids is 1. The fraction of sp³-hybridized carbons (Fsp3) is 0.222. The van der Waals surface area contributed by atoms with E-state index in [0.29, 0.717) is 11.3 Å². The molecule has 8 heteroatoms. The van der Waals surface area contributed by atoms with Crippen molar-refractivity contribution in [2.75, 3.05) is 13.7 Å². The minimum Gasteiger partial charge on any atom is -0.497 e. The highest BCUT2D eigenvalue weighted by atomic mass is 19.1. The van der Waals surface area contributed by atoms with E-state index in [2.05, 4.69) is 9.99 Å². The number of hydrogen-bond donors (Lipinski definition) is 0. The predicted octanol–water partition coefficient (Wildman–Crippen LogP) is 2.72. The first-order valence-electron chi connectivity index (χ1n) is 7.76. The minimum absolute atomic E-state index is 0.281. The summed E-state index contributed by atoms with van der Waals surface area (Å²) in [4.78, 5) is 27.3. The quantitative estimate of drug-likeness (QED) is 0.450. The Kier molecular flexibility index (Phi) is 4.66. The standard InChI is InChI=1S/C18H15FN2O5/c1-25-14-9-7-13(8-10-14)16-18(19,17(22)26-20-16)15(11-21(23)24)12-5-3-2-4-6-12/h2-10,15H,11H2,1H3. The highest BCUT2D eigenvalue weighted by Gasteiger charge is 2.59. The van der Waals surface area contributed by atoms with Gasteiger partial charge in [-0.2, -0.15) is 0 Å². The highest BCUT2D eigenvalue weighted by Crippen LogP contribution is 2.40. The van der Waals surface area contributed by atoms with Crippen molar-refractivity contribution in [1.29, 1.82) is 0 Å². The number of hydrogen-bond acceptors (Lipinski definition) is 6. The molecule has 1 aliphatic rings. The molecular formula is C18H15FN2O5. The van der Waals surface area contributed by atoms with Gasteiger partial charge in [-0.3, -0.25) is 10.1 Å². The van der Waals surface area contributed by atoms with Gasteiger partial charge in [0.2, 0.25) is 6.54 Å². The summed E-state index contributed by atoms with van der Waals surface area (Å²) in [6.07, 6.45) is 0. The summed E-state index contributed by atoms with van der Waals surface area (Å²) < 4.78 is 21.1. The molecule has 2 unspecified atom stereocenters.